The number of benzene rings is 1. The summed E-state index contributed by atoms with van der Waals surface area (Å²) in [5.74, 6) is -0.544. The van der Waals surface area contributed by atoms with Gasteiger partial charge in [0.25, 0.3) is 0 Å². The van der Waals surface area contributed by atoms with Crippen molar-refractivity contribution in [1.82, 2.24) is 0 Å². The van der Waals surface area contributed by atoms with Crippen LogP contribution in [0.3, 0.4) is 0 Å². The van der Waals surface area contributed by atoms with Crippen molar-refractivity contribution >= 4 is 17.4 Å². The molecule has 1 aliphatic heterocycles. The number of esters is 1. The van der Waals surface area contributed by atoms with E-state index < -0.39 is 23.3 Å². The van der Waals surface area contributed by atoms with E-state index in [9.17, 15) is 19.7 Å². The summed E-state index contributed by atoms with van der Waals surface area (Å²) in [5.41, 5.74) is 0.163. The van der Waals surface area contributed by atoms with Crippen molar-refractivity contribution < 1.29 is 66.6 Å². The number of rotatable bonds is 31. The highest BCUT2D eigenvalue weighted by Crippen LogP contribution is 2.38. The fourth-order valence-corrected chi connectivity index (χ4v) is 5.13. The molecule has 1 saturated heterocycles. The number of hydrogen-bond donors (Lipinski definition) is 0. The van der Waals surface area contributed by atoms with E-state index in [0.29, 0.717) is 111 Å². The van der Waals surface area contributed by atoms with Crippen LogP contribution in [0.1, 0.15) is 46.1 Å². The van der Waals surface area contributed by atoms with Crippen LogP contribution in [0.2, 0.25) is 0 Å². The first kappa shape index (κ1) is 45.4. The highest BCUT2D eigenvalue weighted by atomic mass is 16.7. The maximum absolute atomic E-state index is 12.2. The number of carbonyl (C=O) groups is 2. The van der Waals surface area contributed by atoms with Gasteiger partial charge in [-0.25, -0.2) is 0 Å². The minimum atomic E-state index is -0.820. The number of ketones is 1. The topological polar surface area (TPSA) is 179 Å². The Labute approximate surface area is 307 Å². The Balaban J connectivity index is 1.45. The fraction of sp³-hybridized carbons (Fsp3) is 0.778. The molecular formula is C36H59NO15. The van der Waals surface area contributed by atoms with Gasteiger partial charge in [0.1, 0.15) is 12.7 Å². The van der Waals surface area contributed by atoms with E-state index in [2.05, 4.69) is 0 Å². The number of nitro groups is 1. The quantitative estimate of drug-likeness (QED) is 0.0464. The third-order valence-corrected chi connectivity index (χ3v) is 8.44. The monoisotopic (exact) mass is 745 g/mol. The minimum absolute atomic E-state index is 0.00757. The lowest BCUT2D eigenvalue weighted by atomic mass is 9.78. The molecule has 298 valence electrons. The molecule has 16 nitrogen and oxygen atoms in total. The smallest absolute Gasteiger partial charge is 0.311 e. The average Bonchev–Trinajstić information content (AvgIpc) is 3.12. The van der Waals surface area contributed by atoms with E-state index in [4.69, 9.17) is 52.1 Å². The lowest BCUT2D eigenvalue weighted by Crippen LogP contribution is -2.49. The first-order chi connectivity index (χ1) is 25.1. The molecule has 1 aliphatic rings. The summed E-state index contributed by atoms with van der Waals surface area (Å²) in [6, 6.07) is 4.37. The molecule has 16 heteroatoms. The molecule has 2 rings (SSSR count). The number of ether oxygens (including phenoxy) is 11. The predicted molar refractivity (Wildman–Crippen MR) is 187 cm³/mol. The van der Waals surface area contributed by atoms with Crippen molar-refractivity contribution in [2.45, 2.75) is 59.5 Å². The lowest BCUT2D eigenvalue weighted by molar-refractivity contribution is -0.386. The average molecular weight is 746 g/mol. The van der Waals surface area contributed by atoms with Crippen LogP contribution in [0.25, 0.3) is 0 Å². The zero-order valence-corrected chi connectivity index (χ0v) is 31.4. The molecule has 1 fully saturated rings. The Hall–Kier alpha value is -2.80. The minimum Gasteiger partial charge on any atom is -0.461 e. The van der Waals surface area contributed by atoms with Gasteiger partial charge in [-0.2, -0.15) is 0 Å². The number of Topliss-reactive ketones (excluding diaryl/α,β-unsaturated/α-hetero) is 1. The number of carbonyl (C=O) groups excluding carboxylic acids is 2. The molecule has 1 aromatic carbocycles. The lowest BCUT2D eigenvalue weighted by Gasteiger charge is -2.42. The zero-order valence-electron chi connectivity index (χ0n) is 31.4. The second-order valence-electron chi connectivity index (χ2n) is 12.3. The van der Waals surface area contributed by atoms with Gasteiger partial charge in [-0.15, -0.1) is 0 Å². The van der Waals surface area contributed by atoms with Crippen LogP contribution in [0.5, 0.6) is 5.75 Å². The molecule has 3 unspecified atom stereocenters. The summed E-state index contributed by atoms with van der Waals surface area (Å²) in [7, 11) is 1.63. The van der Waals surface area contributed by atoms with Gasteiger partial charge in [-0.05, 0) is 36.8 Å². The van der Waals surface area contributed by atoms with E-state index in [1.165, 1.54) is 19.1 Å². The normalized spacial score (nSPS) is 20.1. The van der Waals surface area contributed by atoms with E-state index in [1.54, 1.807) is 13.2 Å². The van der Waals surface area contributed by atoms with Crippen LogP contribution < -0.4 is 4.74 Å². The standard InChI is InChI=1S/C36H59NO15/c1-27-28(2)35(30(4)38)52-36(29(27)3)51-33-9-8-31(25-32(33)37(40)41)26-50-34(39)7-6-10-43-13-14-45-17-18-47-21-22-49-24-23-48-20-19-46-16-15-44-12-11-42-5/h8-9,25,27-29,35-36H,6-7,10-24,26H2,1-5H3/t27-,28?,29-,35?,36?/m0/s1. The molecule has 1 aromatic rings. The van der Waals surface area contributed by atoms with Crippen molar-refractivity contribution in [1.29, 1.82) is 0 Å². The van der Waals surface area contributed by atoms with E-state index in [0.717, 1.165) is 0 Å². The molecule has 1 heterocycles. The largest absolute Gasteiger partial charge is 0.461 e. The predicted octanol–water partition coefficient (Wildman–Crippen LogP) is 3.78. The maximum Gasteiger partial charge on any atom is 0.311 e. The third kappa shape index (κ3) is 18.8. The molecule has 0 amide bonds. The molecule has 0 aliphatic carbocycles. The van der Waals surface area contributed by atoms with Crippen LogP contribution in [0, 0.1) is 27.9 Å². The molecule has 52 heavy (non-hydrogen) atoms. The summed E-state index contributed by atoms with van der Waals surface area (Å²) in [6.07, 6.45) is -0.874. The highest BCUT2D eigenvalue weighted by Gasteiger charge is 2.42. The van der Waals surface area contributed by atoms with Crippen LogP contribution in [0.4, 0.5) is 5.69 Å². The van der Waals surface area contributed by atoms with Gasteiger partial charge in [0, 0.05) is 32.1 Å². The first-order valence-electron chi connectivity index (χ1n) is 17.9. The Bertz CT molecular complexity index is 1140. The summed E-state index contributed by atoms with van der Waals surface area (Å²) in [5, 5.41) is 11.8. The molecule has 5 atom stereocenters. The number of nitro benzene ring substituents is 1. The number of nitrogens with zero attached hydrogens (tertiary/aromatic N) is 1. The van der Waals surface area contributed by atoms with E-state index in [-0.39, 0.29) is 48.0 Å². The Morgan fingerprint density at radius 1 is 0.712 bits per heavy atom. The van der Waals surface area contributed by atoms with Crippen molar-refractivity contribution in [3.8, 4) is 5.75 Å². The summed E-state index contributed by atoms with van der Waals surface area (Å²) >= 11 is 0. The van der Waals surface area contributed by atoms with Crippen LogP contribution in [0.15, 0.2) is 18.2 Å². The van der Waals surface area contributed by atoms with Gasteiger partial charge in [0.05, 0.1) is 97.4 Å². The van der Waals surface area contributed by atoms with E-state index in [1.807, 2.05) is 20.8 Å². The molecule has 0 bridgehead atoms. The second kappa shape index (κ2) is 27.8. The van der Waals surface area contributed by atoms with Gasteiger partial charge in [-0.3, -0.25) is 19.7 Å². The molecule has 0 aromatic heterocycles. The van der Waals surface area contributed by atoms with E-state index >= 15 is 0 Å². The van der Waals surface area contributed by atoms with Gasteiger partial charge >= 0.3 is 11.7 Å². The SMILES string of the molecule is COCCOCCOCCOCCOCCOCCOCCOCCCC(=O)OCc1ccc(OC2OC(C(C)=O)C(C)[C@H](C)[C@@H]2C)c([N+](=O)[O-])c1. The van der Waals surface area contributed by atoms with Gasteiger partial charge in [0.2, 0.25) is 6.29 Å². The highest BCUT2D eigenvalue weighted by molar-refractivity contribution is 5.80. The van der Waals surface area contributed by atoms with Gasteiger partial charge in [0.15, 0.2) is 11.5 Å². The number of hydrogen-bond acceptors (Lipinski definition) is 15. The molecule has 0 radical (unpaired) electrons. The Kier molecular flexibility index (Phi) is 24.2. The Morgan fingerprint density at radius 2 is 1.19 bits per heavy atom. The third-order valence-electron chi connectivity index (χ3n) is 8.44. The zero-order chi connectivity index (χ0) is 38.0. The van der Waals surface area contributed by atoms with Crippen LogP contribution in [-0.4, -0.2) is 135 Å². The van der Waals surface area contributed by atoms with Crippen molar-refractivity contribution in [3.63, 3.8) is 0 Å². The molecule has 0 saturated carbocycles. The van der Waals surface area contributed by atoms with Crippen molar-refractivity contribution in [2.75, 3.05) is 106 Å². The molecule has 0 spiro atoms. The first-order valence-corrected chi connectivity index (χ1v) is 17.9. The maximum atomic E-state index is 12.2. The molecule has 0 N–H and O–H groups in total. The second-order valence-corrected chi connectivity index (χ2v) is 12.3. The van der Waals surface area contributed by atoms with Gasteiger partial charge < -0.3 is 52.1 Å². The van der Waals surface area contributed by atoms with Crippen LogP contribution >= 0.6 is 0 Å². The van der Waals surface area contributed by atoms with Crippen molar-refractivity contribution in [2.24, 2.45) is 17.8 Å². The van der Waals surface area contributed by atoms with Crippen molar-refractivity contribution in [3.05, 3.63) is 33.9 Å². The molecular weight excluding hydrogens is 686 g/mol. The fourth-order valence-electron chi connectivity index (χ4n) is 5.13. The Morgan fingerprint density at radius 3 is 1.65 bits per heavy atom. The number of methoxy groups -OCH3 is 1. The summed E-state index contributed by atoms with van der Waals surface area (Å²) < 4.78 is 60.0. The van der Waals surface area contributed by atoms with Crippen LogP contribution in [-0.2, 0) is 63.6 Å². The van der Waals surface area contributed by atoms with Gasteiger partial charge in [-0.1, -0.05) is 26.8 Å². The summed E-state index contributed by atoms with van der Waals surface area (Å²) in [6.45, 7) is 14.3. The summed E-state index contributed by atoms with van der Waals surface area (Å²) in [4.78, 5) is 35.6.